The third-order valence-corrected chi connectivity index (χ3v) is 4.68. The number of nitrogens with zero attached hydrogens (tertiary/aromatic N) is 2. The zero-order chi connectivity index (χ0) is 14.7. The van der Waals surface area contributed by atoms with Gasteiger partial charge in [0.25, 0.3) is 0 Å². The van der Waals surface area contributed by atoms with Gasteiger partial charge in [-0.25, -0.2) is 0 Å². The standard InChI is InChI=1S/C17H25N3O/c18-7-10-19-8-4-9-20(12-11-19)17(21)16-13-15(16)14-5-2-1-3-6-14/h1-3,5-6,15-16H,4,7-13,18H2. The zero-order valence-electron chi connectivity index (χ0n) is 12.6. The van der Waals surface area contributed by atoms with Crippen LogP contribution >= 0.6 is 0 Å². The van der Waals surface area contributed by atoms with Gasteiger partial charge in [-0.3, -0.25) is 4.79 Å². The molecule has 1 saturated heterocycles. The lowest BCUT2D eigenvalue weighted by atomic mass is 10.1. The van der Waals surface area contributed by atoms with Crippen LogP contribution in [0.2, 0.25) is 0 Å². The monoisotopic (exact) mass is 287 g/mol. The van der Waals surface area contributed by atoms with Gasteiger partial charge in [0.05, 0.1) is 0 Å². The van der Waals surface area contributed by atoms with E-state index < -0.39 is 0 Å². The van der Waals surface area contributed by atoms with Crippen LogP contribution in [-0.4, -0.2) is 55.0 Å². The van der Waals surface area contributed by atoms with E-state index in [9.17, 15) is 4.79 Å². The number of carbonyl (C=O) groups excluding carboxylic acids is 1. The second kappa shape index (κ2) is 6.58. The highest BCUT2D eigenvalue weighted by atomic mass is 16.2. The van der Waals surface area contributed by atoms with Crippen LogP contribution in [-0.2, 0) is 4.79 Å². The Morgan fingerprint density at radius 1 is 1.14 bits per heavy atom. The quantitative estimate of drug-likeness (QED) is 0.907. The zero-order valence-corrected chi connectivity index (χ0v) is 12.6. The van der Waals surface area contributed by atoms with Crippen molar-refractivity contribution in [1.82, 2.24) is 9.80 Å². The van der Waals surface area contributed by atoms with Gasteiger partial charge in [-0.15, -0.1) is 0 Å². The Morgan fingerprint density at radius 2 is 1.95 bits per heavy atom. The van der Waals surface area contributed by atoms with Gasteiger partial charge < -0.3 is 15.5 Å². The molecule has 2 N–H and O–H groups in total. The second-order valence-electron chi connectivity index (χ2n) is 6.17. The third-order valence-electron chi connectivity index (χ3n) is 4.68. The second-order valence-corrected chi connectivity index (χ2v) is 6.17. The first-order valence-corrected chi connectivity index (χ1v) is 8.05. The van der Waals surface area contributed by atoms with Crippen molar-refractivity contribution in [3.8, 4) is 0 Å². The van der Waals surface area contributed by atoms with Gasteiger partial charge in [0.15, 0.2) is 0 Å². The summed E-state index contributed by atoms with van der Waals surface area (Å²) in [6.07, 6.45) is 2.08. The molecule has 0 radical (unpaired) electrons. The number of rotatable bonds is 4. The van der Waals surface area contributed by atoms with E-state index in [1.807, 2.05) is 6.07 Å². The van der Waals surface area contributed by atoms with Gasteiger partial charge in [0, 0.05) is 38.6 Å². The Labute approximate surface area is 126 Å². The number of benzene rings is 1. The van der Waals surface area contributed by atoms with Crippen molar-refractivity contribution >= 4 is 5.91 Å². The van der Waals surface area contributed by atoms with Crippen molar-refractivity contribution < 1.29 is 4.79 Å². The van der Waals surface area contributed by atoms with Crippen LogP contribution in [0.3, 0.4) is 0 Å². The molecule has 2 unspecified atom stereocenters. The summed E-state index contributed by atoms with van der Waals surface area (Å²) in [7, 11) is 0. The lowest BCUT2D eigenvalue weighted by Gasteiger charge is -2.21. The number of carbonyl (C=O) groups is 1. The predicted octanol–water partition coefficient (Wildman–Crippen LogP) is 1.28. The minimum atomic E-state index is 0.216. The summed E-state index contributed by atoms with van der Waals surface area (Å²) in [6, 6.07) is 10.4. The van der Waals surface area contributed by atoms with Crippen molar-refractivity contribution in [2.24, 2.45) is 11.7 Å². The summed E-state index contributed by atoms with van der Waals surface area (Å²) in [5.74, 6) is 1.02. The highest BCUT2D eigenvalue weighted by molar-refractivity contribution is 5.83. The predicted molar refractivity (Wildman–Crippen MR) is 84.0 cm³/mol. The summed E-state index contributed by atoms with van der Waals surface area (Å²) in [5.41, 5.74) is 6.94. The van der Waals surface area contributed by atoms with Crippen LogP contribution in [0.15, 0.2) is 30.3 Å². The minimum Gasteiger partial charge on any atom is -0.341 e. The van der Waals surface area contributed by atoms with Gasteiger partial charge in [-0.2, -0.15) is 0 Å². The molecular weight excluding hydrogens is 262 g/mol. The molecule has 1 amide bonds. The lowest BCUT2D eigenvalue weighted by Crippen LogP contribution is -2.37. The molecule has 1 aliphatic heterocycles. The van der Waals surface area contributed by atoms with Crippen molar-refractivity contribution in [2.45, 2.75) is 18.8 Å². The maximum absolute atomic E-state index is 12.6. The molecule has 1 aromatic rings. The molecule has 2 aliphatic rings. The van der Waals surface area contributed by atoms with Crippen molar-refractivity contribution in [3.63, 3.8) is 0 Å². The topological polar surface area (TPSA) is 49.6 Å². The Morgan fingerprint density at radius 3 is 2.71 bits per heavy atom. The molecule has 2 fully saturated rings. The van der Waals surface area contributed by atoms with Gasteiger partial charge in [-0.05, 0) is 30.9 Å². The van der Waals surface area contributed by atoms with E-state index in [4.69, 9.17) is 5.73 Å². The highest BCUT2D eigenvalue weighted by Gasteiger charge is 2.45. The van der Waals surface area contributed by atoms with Crippen LogP contribution in [0.1, 0.15) is 24.3 Å². The Kier molecular flexibility index (Phi) is 4.56. The van der Waals surface area contributed by atoms with Crippen LogP contribution in [0.4, 0.5) is 0 Å². The molecule has 0 bridgehead atoms. The van der Waals surface area contributed by atoms with E-state index >= 15 is 0 Å². The Balaban J connectivity index is 1.55. The molecular formula is C17H25N3O. The fourth-order valence-electron chi connectivity index (χ4n) is 3.37. The van der Waals surface area contributed by atoms with Gasteiger partial charge >= 0.3 is 0 Å². The molecule has 2 atom stereocenters. The molecule has 1 aromatic carbocycles. The van der Waals surface area contributed by atoms with Crippen LogP contribution in [0.5, 0.6) is 0 Å². The van der Waals surface area contributed by atoms with E-state index in [1.165, 1.54) is 5.56 Å². The number of hydrogen-bond donors (Lipinski definition) is 1. The number of hydrogen-bond acceptors (Lipinski definition) is 3. The molecule has 1 saturated carbocycles. The fourth-order valence-corrected chi connectivity index (χ4v) is 3.37. The summed E-state index contributed by atoms with van der Waals surface area (Å²) in [4.78, 5) is 17.1. The van der Waals surface area contributed by atoms with Gasteiger partial charge in [0.2, 0.25) is 5.91 Å². The molecule has 3 rings (SSSR count). The lowest BCUT2D eigenvalue weighted by molar-refractivity contribution is -0.132. The van der Waals surface area contributed by atoms with Gasteiger partial charge in [-0.1, -0.05) is 30.3 Å². The third kappa shape index (κ3) is 3.44. The molecule has 0 spiro atoms. The average Bonchev–Trinajstić information content (AvgIpc) is 3.32. The summed E-state index contributed by atoms with van der Waals surface area (Å²) in [5, 5.41) is 0. The molecule has 1 aliphatic carbocycles. The van der Waals surface area contributed by atoms with Crippen molar-refractivity contribution in [2.75, 3.05) is 39.3 Å². The SMILES string of the molecule is NCCN1CCCN(C(=O)C2CC2c2ccccc2)CC1. The molecule has 4 heteroatoms. The molecule has 4 nitrogen and oxygen atoms in total. The van der Waals surface area contributed by atoms with E-state index in [1.54, 1.807) is 0 Å². The summed E-state index contributed by atoms with van der Waals surface area (Å²) in [6.45, 7) is 5.43. The smallest absolute Gasteiger partial charge is 0.226 e. The number of amides is 1. The van der Waals surface area contributed by atoms with Gasteiger partial charge in [0.1, 0.15) is 0 Å². The van der Waals surface area contributed by atoms with E-state index in [0.717, 1.165) is 45.6 Å². The normalized spacial score (nSPS) is 26.4. The van der Waals surface area contributed by atoms with Crippen molar-refractivity contribution in [3.05, 3.63) is 35.9 Å². The minimum absolute atomic E-state index is 0.216. The first-order chi connectivity index (χ1) is 10.3. The summed E-state index contributed by atoms with van der Waals surface area (Å²) >= 11 is 0. The Hall–Kier alpha value is -1.39. The highest BCUT2D eigenvalue weighted by Crippen LogP contribution is 2.48. The first-order valence-electron chi connectivity index (χ1n) is 8.05. The molecule has 114 valence electrons. The maximum atomic E-state index is 12.6. The first kappa shape index (κ1) is 14.5. The van der Waals surface area contributed by atoms with Crippen LogP contribution in [0, 0.1) is 5.92 Å². The van der Waals surface area contributed by atoms with E-state index in [-0.39, 0.29) is 5.92 Å². The number of nitrogens with two attached hydrogens (primary N) is 1. The Bertz CT molecular complexity index is 476. The van der Waals surface area contributed by atoms with E-state index in [2.05, 4.69) is 34.1 Å². The van der Waals surface area contributed by atoms with E-state index in [0.29, 0.717) is 18.4 Å². The van der Waals surface area contributed by atoms with Crippen LogP contribution < -0.4 is 5.73 Å². The average molecular weight is 287 g/mol. The largest absolute Gasteiger partial charge is 0.341 e. The van der Waals surface area contributed by atoms with Crippen LogP contribution in [0.25, 0.3) is 0 Å². The molecule has 21 heavy (non-hydrogen) atoms. The van der Waals surface area contributed by atoms with Crippen molar-refractivity contribution in [1.29, 1.82) is 0 Å². The molecule has 0 aromatic heterocycles. The molecule has 1 heterocycles. The maximum Gasteiger partial charge on any atom is 0.226 e. The summed E-state index contributed by atoms with van der Waals surface area (Å²) < 4.78 is 0. The fraction of sp³-hybridized carbons (Fsp3) is 0.588.